The molecular weight excluding hydrogens is 328 g/mol. The minimum atomic E-state index is -0.0753. The molecule has 1 heterocycles. The predicted octanol–water partition coefficient (Wildman–Crippen LogP) is 3.50. The Morgan fingerprint density at radius 1 is 1.12 bits per heavy atom. The molecule has 140 valence electrons. The Morgan fingerprint density at radius 3 is 2.42 bits per heavy atom. The highest BCUT2D eigenvalue weighted by Gasteiger charge is 2.23. The summed E-state index contributed by atoms with van der Waals surface area (Å²) in [5.41, 5.74) is 1.18. The second-order valence-electron chi connectivity index (χ2n) is 6.53. The van der Waals surface area contributed by atoms with E-state index in [9.17, 15) is 9.59 Å². The SMILES string of the molecule is CC[C@H](C)N(CC(=O)N(CCc1ccccc1)Cc1ccco1)C(C)=O. The van der Waals surface area contributed by atoms with Crippen LogP contribution in [-0.4, -0.2) is 40.7 Å². The molecule has 0 unspecified atom stereocenters. The second-order valence-corrected chi connectivity index (χ2v) is 6.53. The van der Waals surface area contributed by atoms with Gasteiger partial charge in [-0.1, -0.05) is 37.3 Å². The maximum absolute atomic E-state index is 12.9. The molecule has 1 atom stereocenters. The summed E-state index contributed by atoms with van der Waals surface area (Å²) in [5, 5.41) is 0. The van der Waals surface area contributed by atoms with Gasteiger partial charge >= 0.3 is 0 Å². The number of carbonyl (C=O) groups is 2. The number of benzene rings is 1. The number of hydrogen-bond acceptors (Lipinski definition) is 3. The van der Waals surface area contributed by atoms with Crippen LogP contribution in [0, 0.1) is 0 Å². The van der Waals surface area contributed by atoms with Gasteiger partial charge in [0.25, 0.3) is 0 Å². The van der Waals surface area contributed by atoms with E-state index in [4.69, 9.17) is 4.42 Å². The Morgan fingerprint density at radius 2 is 1.85 bits per heavy atom. The van der Waals surface area contributed by atoms with E-state index >= 15 is 0 Å². The van der Waals surface area contributed by atoms with Crippen molar-refractivity contribution in [2.45, 2.75) is 46.2 Å². The summed E-state index contributed by atoms with van der Waals surface area (Å²) < 4.78 is 5.41. The molecule has 0 aliphatic carbocycles. The van der Waals surface area contributed by atoms with Gasteiger partial charge in [-0.25, -0.2) is 0 Å². The highest BCUT2D eigenvalue weighted by molar-refractivity contribution is 5.84. The average Bonchev–Trinajstić information content (AvgIpc) is 3.16. The van der Waals surface area contributed by atoms with E-state index < -0.39 is 0 Å². The zero-order chi connectivity index (χ0) is 18.9. The Hall–Kier alpha value is -2.56. The zero-order valence-corrected chi connectivity index (χ0v) is 15.9. The van der Waals surface area contributed by atoms with E-state index in [2.05, 4.69) is 12.1 Å². The first-order chi connectivity index (χ1) is 12.5. The topological polar surface area (TPSA) is 53.8 Å². The van der Waals surface area contributed by atoms with Gasteiger partial charge in [-0.15, -0.1) is 0 Å². The first kappa shape index (κ1) is 19.8. The lowest BCUT2D eigenvalue weighted by molar-refractivity contribution is -0.141. The van der Waals surface area contributed by atoms with Crippen LogP contribution in [0.15, 0.2) is 53.1 Å². The van der Waals surface area contributed by atoms with E-state index in [1.807, 2.05) is 44.2 Å². The molecule has 1 aromatic heterocycles. The third-order valence-corrected chi connectivity index (χ3v) is 4.63. The Balaban J connectivity index is 2.08. The van der Waals surface area contributed by atoms with Crippen LogP contribution in [0.5, 0.6) is 0 Å². The minimum Gasteiger partial charge on any atom is -0.467 e. The van der Waals surface area contributed by atoms with Crippen molar-refractivity contribution in [2.75, 3.05) is 13.1 Å². The molecule has 0 bridgehead atoms. The normalized spacial score (nSPS) is 11.8. The Bertz CT molecular complexity index is 683. The second kappa shape index (κ2) is 9.80. The molecule has 5 heteroatoms. The fraction of sp³-hybridized carbons (Fsp3) is 0.429. The van der Waals surface area contributed by atoms with Crippen LogP contribution in [0.2, 0.25) is 0 Å². The van der Waals surface area contributed by atoms with Crippen molar-refractivity contribution in [3.8, 4) is 0 Å². The predicted molar refractivity (Wildman–Crippen MR) is 101 cm³/mol. The summed E-state index contributed by atoms with van der Waals surface area (Å²) in [7, 11) is 0. The van der Waals surface area contributed by atoms with Crippen molar-refractivity contribution in [1.29, 1.82) is 0 Å². The maximum atomic E-state index is 12.9. The summed E-state index contributed by atoms with van der Waals surface area (Å²) in [5.74, 6) is 0.603. The van der Waals surface area contributed by atoms with Crippen LogP contribution in [0.3, 0.4) is 0 Å². The van der Waals surface area contributed by atoms with Crippen LogP contribution in [0.4, 0.5) is 0 Å². The molecule has 0 aliphatic heterocycles. The molecule has 0 fully saturated rings. The van der Waals surface area contributed by atoms with Gasteiger partial charge in [-0.05, 0) is 37.5 Å². The standard InChI is InChI=1S/C21H28N2O3/c1-4-17(2)23(18(3)24)16-21(25)22(15-20-11-8-14-26-20)13-12-19-9-6-5-7-10-19/h5-11,14,17H,4,12-13,15-16H2,1-3H3/t17-/m0/s1. The molecule has 1 aromatic carbocycles. The third-order valence-electron chi connectivity index (χ3n) is 4.63. The van der Waals surface area contributed by atoms with E-state index in [0.29, 0.717) is 13.1 Å². The quantitative estimate of drug-likeness (QED) is 0.691. The number of rotatable bonds is 9. The smallest absolute Gasteiger partial charge is 0.242 e. The summed E-state index contributed by atoms with van der Waals surface area (Å²) in [6.07, 6.45) is 3.18. The Kier molecular flexibility index (Phi) is 7.45. The third kappa shape index (κ3) is 5.76. The van der Waals surface area contributed by atoms with Gasteiger partial charge in [0.15, 0.2) is 0 Å². The Labute approximate surface area is 155 Å². The molecule has 2 amide bonds. The van der Waals surface area contributed by atoms with Gasteiger partial charge in [0.05, 0.1) is 19.4 Å². The number of carbonyl (C=O) groups excluding carboxylic acids is 2. The zero-order valence-electron chi connectivity index (χ0n) is 15.9. The van der Waals surface area contributed by atoms with Gasteiger partial charge in [0.2, 0.25) is 11.8 Å². The molecule has 0 saturated heterocycles. The van der Waals surface area contributed by atoms with Gasteiger partial charge in [0, 0.05) is 19.5 Å². The molecule has 0 N–H and O–H groups in total. The number of amides is 2. The van der Waals surface area contributed by atoms with Crippen LogP contribution >= 0.6 is 0 Å². The molecule has 26 heavy (non-hydrogen) atoms. The van der Waals surface area contributed by atoms with Crippen molar-refractivity contribution < 1.29 is 14.0 Å². The summed E-state index contributed by atoms with van der Waals surface area (Å²) in [6.45, 7) is 6.58. The van der Waals surface area contributed by atoms with Crippen molar-refractivity contribution >= 4 is 11.8 Å². The van der Waals surface area contributed by atoms with Crippen molar-refractivity contribution in [2.24, 2.45) is 0 Å². The van der Waals surface area contributed by atoms with Crippen molar-refractivity contribution in [1.82, 2.24) is 9.80 Å². The number of furan rings is 1. The largest absolute Gasteiger partial charge is 0.467 e. The molecule has 0 aliphatic rings. The first-order valence-electron chi connectivity index (χ1n) is 9.12. The molecule has 2 aromatic rings. The fourth-order valence-corrected chi connectivity index (χ4v) is 2.83. The highest BCUT2D eigenvalue weighted by atomic mass is 16.3. The molecule has 0 saturated carbocycles. The van der Waals surface area contributed by atoms with Gasteiger partial charge in [-0.2, -0.15) is 0 Å². The van der Waals surface area contributed by atoms with E-state index in [-0.39, 0.29) is 24.4 Å². The van der Waals surface area contributed by atoms with Gasteiger partial charge < -0.3 is 14.2 Å². The molecule has 5 nitrogen and oxygen atoms in total. The van der Waals surface area contributed by atoms with Crippen LogP contribution < -0.4 is 0 Å². The van der Waals surface area contributed by atoms with Crippen molar-refractivity contribution in [3.63, 3.8) is 0 Å². The lowest BCUT2D eigenvalue weighted by Crippen LogP contribution is -2.46. The first-order valence-corrected chi connectivity index (χ1v) is 9.12. The van der Waals surface area contributed by atoms with Crippen molar-refractivity contribution in [3.05, 3.63) is 60.1 Å². The monoisotopic (exact) mass is 356 g/mol. The van der Waals surface area contributed by atoms with E-state index in [1.54, 1.807) is 16.1 Å². The van der Waals surface area contributed by atoms with Crippen LogP contribution in [-0.2, 0) is 22.6 Å². The maximum Gasteiger partial charge on any atom is 0.242 e. The average molecular weight is 356 g/mol. The lowest BCUT2D eigenvalue weighted by Gasteiger charge is -2.30. The highest BCUT2D eigenvalue weighted by Crippen LogP contribution is 2.11. The fourth-order valence-electron chi connectivity index (χ4n) is 2.83. The molecule has 0 radical (unpaired) electrons. The number of hydrogen-bond donors (Lipinski definition) is 0. The lowest BCUT2D eigenvalue weighted by atomic mass is 10.1. The van der Waals surface area contributed by atoms with Gasteiger partial charge in [0.1, 0.15) is 5.76 Å². The summed E-state index contributed by atoms with van der Waals surface area (Å²) in [6, 6.07) is 13.8. The number of nitrogens with zero attached hydrogens (tertiary/aromatic N) is 2. The molecular formula is C21H28N2O3. The van der Waals surface area contributed by atoms with E-state index in [1.165, 1.54) is 12.5 Å². The minimum absolute atomic E-state index is 0.0380. The van der Waals surface area contributed by atoms with Crippen LogP contribution in [0.1, 0.15) is 38.5 Å². The molecule has 0 spiro atoms. The van der Waals surface area contributed by atoms with Crippen LogP contribution in [0.25, 0.3) is 0 Å². The molecule has 2 rings (SSSR count). The van der Waals surface area contributed by atoms with Gasteiger partial charge in [-0.3, -0.25) is 9.59 Å². The summed E-state index contributed by atoms with van der Waals surface area (Å²) in [4.78, 5) is 28.3. The van der Waals surface area contributed by atoms with E-state index in [0.717, 1.165) is 18.6 Å². The summed E-state index contributed by atoms with van der Waals surface area (Å²) >= 11 is 0.